The zero-order valence-electron chi connectivity index (χ0n) is 19.1. The van der Waals surface area contributed by atoms with Crippen LogP contribution in [0.4, 0.5) is 18.9 Å². The smallest absolute Gasteiger partial charge is 0.416 e. The number of thioether (sulfide) groups is 1. The number of amides is 1. The number of hydrogen-bond donors (Lipinski definition) is 0. The fraction of sp³-hybridized carbons (Fsp3) is 0.160. The molecule has 1 fully saturated rings. The number of ether oxygens (including phenoxy) is 1. The third-order valence-electron chi connectivity index (χ3n) is 5.60. The summed E-state index contributed by atoms with van der Waals surface area (Å²) in [7, 11) is 1.27. The predicted molar refractivity (Wildman–Crippen MR) is 139 cm³/mol. The predicted octanol–water partition coefficient (Wildman–Crippen LogP) is 6.96. The SMILES string of the molecule is COC(=O)c1cc(-n2c(C)cc(/C=C3\SC(=S)N(c4cccc(C(F)(F)F)c4)C3=O)c2C)ccc1Cl. The minimum absolute atomic E-state index is 0.0534. The van der Waals surface area contributed by atoms with Crippen molar-refractivity contribution in [3.63, 3.8) is 0 Å². The largest absolute Gasteiger partial charge is 0.465 e. The van der Waals surface area contributed by atoms with Crippen LogP contribution in [0.3, 0.4) is 0 Å². The summed E-state index contributed by atoms with van der Waals surface area (Å²) in [6.07, 6.45) is -2.89. The molecule has 1 aliphatic rings. The molecule has 0 atom stereocenters. The second-order valence-electron chi connectivity index (χ2n) is 7.88. The van der Waals surface area contributed by atoms with Crippen LogP contribution in [-0.4, -0.2) is 27.9 Å². The van der Waals surface area contributed by atoms with Gasteiger partial charge in [-0.3, -0.25) is 9.69 Å². The van der Waals surface area contributed by atoms with Crippen LogP contribution in [0.1, 0.15) is 32.9 Å². The van der Waals surface area contributed by atoms with Crippen molar-refractivity contribution >= 4 is 63.5 Å². The summed E-state index contributed by atoms with van der Waals surface area (Å²) >= 11 is 12.5. The van der Waals surface area contributed by atoms with Crippen LogP contribution in [0, 0.1) is 13.8 Å². The van der Waals surface area contributed by atoms with Crippen LogP contribution in [0.5, 0.6) is 0 Å². The molecule has 2 heterocycles. The maximum absolute atomic E-state index is 13.2. The number of carbonyl (C=O) groups excluding carboxylic acids is 2. The fourth-order valence-corrected chi connectivity index (χ4v) is 5.39. The first kappa shape index (κ1) is 26.0. The quantitative estimate of drug-likeness (QED) is 0.200. The van der Waals surface area contributed by atoms with Crippen molar-refractivity contribution in [1.29, 1.82) is 0 Å². The second kappa shape index (κ2) is 9.76. The zero-order valence-corrected chi connectivity index (χ0v) is 21.5. The summed E-state index contributed by atoms with van der Waals surface area (Å²) in [5, 5.41) is 0.256. The van der Waals surface area contributed by atoms with Crippen molar-refractivity contribution in [1.82, 2.24) is 4.57 Å². The van der Waals surface area contributed by atoms with E-state index in [-0.39, 0.29) is 25.5 Å². The maximum Gasteiger partial charge on any atom is 0.416 e. The lowest BCUT2D eigenvalue weighted by Gasteiger charge is -2.16. The van der Waals surface area contributed by atoms with Crippen molar-refractivity contribution in [2.75, 3.05) is 12.0 Å². The number of esters is 1. The molecular weight excluding hydrogens is 533 g/mol. The first-order chi connectivity index (χ1) is 16.9. The van der Waals surface area contributed by atoms with Crippen LogP contribution >= 0.6 is 35.6 Å². The number of carbonyl (C=O) groups is 2. The van der Waals surface area contributed by atoms with Crippen molar-refractivity contribution < 1.29 is 27.5 Å². The van der Waals surface area contributed by atoms with Crippen LogP contribution in [0.25, 0.3) is 11.8 Å². The topological polar surface area (TPSA) is 51.5 Å². The Bertz CT molecular complexity index is 1450. The molecule has 0 bridgehead atoms. The average molecular weight is 551 g/mol. The molecule has 0 aliphatic carbocycles. The molecular formula is C25H18ClF3N2O3S2. The number of thiocarbonyl (C=S) groups is 1. The molecule has 0 saturated carbocycles. The van der Waals surface area contributed by atoms with Gasteiger partial charge in [-0.25, -0.2) is 4.79 Å². The van der Waals surface area contributed by atoms with E-state index in [1.54, 1.807) is 24.3 Å². The Morgan fingerprint density at radius 1 is 1.11 bits per heavy atom. The van der Waals surface area contributed by atoms with Gasteiger partial charge >= 0.3 is 12.1 Å². The summed E-state index contributed by atoms with van der Waals surface area (Å²) in [6.45, 7) is 3.71. The second-order valence-corrected chi connectivity index (χ2v) is 9.97. The van der Waals surface area contributed by atoms with Gasteiger partial charge < -0.3 is 9.30 Å². The standard InChI is InChI=1S/C25H18ClF3N2O3S2/c1-13-9-15(14(2)30(13)18-7-8-20(26)19(12-18)23(33)34-3)10-21-22(32)31(24(35)36-21)17-6-4-5-16(11-17)25(27,28)29/h4-12H,1-3H3/b21-10-. The molecule has 4 rings (SSSR count). The van der Waals surface area contributed by atoms with Crippen LogP contribution < -0.4 is 4.90 Å². The van der Waals surface area contributed by atoms with E-state index >= 15 is 0 Å². The number of anilines is 1. The summed E-state index contributed by atoms with van der Waals surface area (Å²) in [5.74, 6) is -1.07. The van der Waals surface area contributed by atoms with E-state index in [1.165, 1.54) is 19.2 Å². The Labute approximate surface area is 219 Å². The third-order valence-corrected chi connectivity index (χ3v) is 7.23. The minimum atomic E-state index is -4.54. The van der Waals surface area contributed by atoms with Gasteiger partial charge in [0.25, 0.3) is 5.91 Å². The van der Waals surface area contributed by atoms with Crippen molar-refractivity contribution in [2.45, 2.75) is 20.0 Å². The Morgan fingerprint density at radius 3 is 2.50 bits per heavy atom. The van der Waals surface area contributed by atoms with Gasteiger partial charge in [-0.1, -0.05) is 41.6 Å². The van der Waals surface area contributed by atoms with E-state index in [0.717, 1.165) is 40.2 Å². The molecule has 1 aliphatic heterocycles. The lowest BCUT2D eigenvalue weighted by atomic mass is 10.1. The molecule has 0 unspecified atom stereocenters. The molecule has 0 spiro atoms. The van der Waals surface area contributed by atoms with Crippen LogP contribution in [-0.2, 0) is 15.7 Å². The molecule has 186 valence electrons. The van der Waals surface area contributed by atoms with Gasteiger partial charge in [0.15, 0.2) is 4.32 Å². The number of benzene rings is 2. The first-order valence-electron chi connectivity index (χ1n) is 10.4. The molecule has 36 heavy (non-hydrogen) atoms. The van der Waals surface area contributed by atoms with Crippen LogP contribution in [0.2, 0.25) is 5.02 Å². The summed E-state index contributed by atoms with van der Waals surface area (Å²) in [4.78, 5) is 26.6. The van der Waals surface area contributed by atoms with Crippen molar-refractivity contribution in [3.8, 4) is 5.69 Å². The van der Waals surface area contributed by atoms with Gasteiger partial charge in [-0.15, -0.1) is 0 Å². The van der Waals surface area contributed by atoms with Gasteiger partial charge in [0.2, 0.25) is 0 Å². The van der Waals surface area contributed by atoms with E-state index in [1.807, 2.05) is 24.5 Å². The van der Waals surface area contributed by atoms with Gasteiger partial charge in [0.1, 0.15) is 0 Å². The normalized spacial score (nSPS) is 15.2. The van der Waals surface area contributed by atoms with Gasteiger partial charge in [-0.05, 0) is 68.0 Å². The van der Waals surface area contributed by atoms with E-state index in [9.17, 15) is 22.8 Å². The lowest BCUT2D eigenvalue weighted by molar-refractivity contribution is -0.137. The highest BCUT2D eigenvalue weighted by Crippen LogP contribution is 2.39. The number of aryl methyl sites for hydroxylation is 1. The molecule has 11 heteroatoms. The highest BCUT2D eigenvalue weighted by Gasteiger charge is 2.36. The molecule has 3 aromatic rings. The number of hydrogen-bond acceptors (Lipinski definition) is 5. The Kier molecular flexibility index (Phi) is 7.05. The molecule has 0 N–H and O–H groups in total. The van der Waals surface area contributed by atoms with E-state index in [0.29, 0.717) is 11.3 Å². The number of nitrogens with zero attached hydrogens (tertiary/aromatic N) is 2. The van der Waals surface area contributed by atoms with Gasteiger partial charge in [0, 0.05) is 17.1 Å². The molecule has 1 amide bonds. The number of aromatic nitrogens is 1. The van der Waals surface area contributed by atoms with E-state index < -0.39 is 23.6 Å². The average Bonchev–Trinajstić information content (AvgIpc) is 3.26. The molecule has 1 saturated heterocycles. The summed E-state index contributed by atoms with van der Waals surface area (Å²) in [5.41, 5.74) is 2.39. The zero-order chi connectivity index (χ0) is 26.4. The monoisotopic (exact) mass is 550 g/mol. The molecule has 5 nitrogen and oxygen atoms in total. The summed E-state index contributed by atoms with van der Waals surface area (Å²) < 4.78 is 46.3. The van der Waals surface area contributed by atoms with Gasteiger partial charge in [0.05, 0.1) is 33.9 Å². The van der Waals surface area contributed by atoms with Crippen molar-refractivity contribution in [3.05, 3.63) is 86.5 Å². The summed E-state index contributed by atoms with van der Waals surface area (Å²) in [6, 6.07) is 11.3. The Balaban J connectivity index is 1.70. The first-order valence-corrected chi connectivity index (χ1v) is 12.0. The molecule has 0 radical (unpaired) electrons. The number of alkyl halides is 3. The third kappa shape index (κ3) is 4.80. The Morgan fingerprint density at radius 2 is 1.83 bits per heavy atom. The minimum Gasteiger partial charge on any atom is -0.465 e. The molecule has 1 aromatic heterocycles. The molecule has 2 aromatic carbocycles. The van der Waals surface area contributed by atoms with Gasteiger partial charge in [-0.2, -0.15) is 13.2 Å². The van der Waals surface area contributed by atoms with Crippen LogP contribution in [0.15, 0.2) is 53.4 Å². The number of halogens is 4. The van der Waals surface area contributed by atoms with E-state index in [4.69, 9.17) is 28.6 Å². The highest BCUT2D eigenvalue weighted by molar-refractivity contribution is 8.27. The fourth-order valence-electron chi connectivity index (χ4n) is 3.90. The maximum atomic E-state index is 13.2. The Hall–Kier alpha value is -3.08. The van der Waals surface area contributed by atoms with Crippen molar-refractivity contribution in [2.24, 2.45) is 0 Å². The highest BCUT2D eigenvalue weighted by atomic mass is 35.5. The lowest BCUT2D eigenvalue weighted by Crippen LogP contribution is -2.27. The number of rotatable bonds is 4. The number of methoxy groups -OCH3 is 1. The van der Waals surface area contributed by atoms with E-state index in [2.05, 4.69) is 0 Å².